The van der Waals surface area contributed by atoms with E-state index in [4.69, 9.17) is 5.73 Å². The number of aliphatic hydroxyl groups is 6. The van der Waals surface area contributed by atoms with Crippen molar-refractivity contribution >= 4 is 58.2 Å². The van der Waals surface area contributed by atoms with Crippen molar-refractivity contribution in [1.82, 2.24) is 36.4 Å². The number of carbonyl (C=O) groups is 8. The van der Waals surface area contributed by atoms with Crippen LogP contribution in [0.5, 0.6) is 11.5 Å². The van der Waals surface area contributed by atoms with Crippen LogP contribution in [0.2, 0.25) is 0 Å². The molecule has 0 aromatic heterocycles. The van der Waals surface area contributed by atoms with Gasteiger partial charge in [-0.1, -0.05) is 97.0 Å². The first-order valence-electron chi connectivity index (χ1n) is 26.6. The van der Waals surface area contributed by atoms with Crippen LogP contribution in [0.1, 0.15) is 135 Å². The number of aliphatic hydroxyl groups excluding tert-OH is 6. The number of nitrogens with zero attached hydrogens (tertiary/aromatic N) is 2. The number of aromatic hydroxyl groups is 1. The van der Waals surface area contributed by atoms with Crippen LogP contribution in [0.25, 0.3) is 0 Å². The van der Waals surface area contributed by atoms with E-state index in [0.717, 1.165) is 54.0 Å². The third-order valence-electron chi connectivity index (χ3n) is 14.1. The second-order valence-electron chi connectivity index (χ2n) is 20.3. The molecule has 442 valence electrons. The molecule has 3 saturated heterocycles. The topological polar surface area (TPSA) is 446 Å². The molecular formula is C50H81N8NaO19S. The van der Waals surface area contributed by atoms with Crippen LogP contribution in [0.3, 0.4) is 0 Å². The van der Waals surface area contributed by atoms with E-state index in [1.807, 2.05) is 0 Å². The van der Waals surface area contributed by atoms with E-state index in [1.54, 1.807) is 0 Å². The fraction of sp³-hybridized carbons (Fsp3) is 0.720. The number of hydrogen-bond acceptors (Lipinski definition) is 19. The summed E-state index contributed by atoms with van der Waals surface area (Å²) in [5.41, 5.74) is 5.34. The molecule has 4 rings (SSSR count). The van der Waals surface area contributed by atoms with Crippen molar-refractivity contribution in [3.05, 3.63) is 23.8 Å². The van der Waals surface area contributed by atoms with Crippen LogP contribution in [0.4, 0.5) is 0 Å². The normalized spacial score (nSPS) is 26.2. The Bertz CT molecular complexity index is 2260. The molecule has 3 aliphatic heterocycles. The molecule has 1 aromatic carbocycles. The Kier molecular flexibility index (Phi) is 31.3. The van der Waals surface area contributed by atoms with Gasteiger partial charge in [-0.05, 0) is 37.0 Å². The van der Waals surface area contributed by atoms with Gasteiger partial charge in [0.05, 0.1) is 37.4 Å². The van der Waals surface area contributed by atoms with E-state index in [1.165, 1.54) is 57.9 Å². The number of carbonyl (C=O) groups excluding carboxylic acids is 8. The van der Waals surface area contributed by atoms with Crippen molar-refractivity contribution in [3.8, 4) is 11.5 Å². The zero-order valence-electron chi connectivity index (χ0n) is 45.2. The van der Waals surface area contributed by atoms with Gasteiger partial charge < -0.3 is 95.9 Å². The van der Waals surface area contributed by atoms with Gasteiger partial charge in [-0.2, -0.15) is 0 Å². The molecule has 16 N–H and O–H groups in total. The van der Waals surface area contributed by atoms with E-state index in [-0.39, 0.29) is 47.0 Å². The molecule has 3 heterocycles. The number of fused-ring (bicyclic) bond motifs is 2. The van der Waals surface area contributed by atoms with Crippen molar-refractivity contribution in [1.29, 1.82) is 0 Å². The van der Waals surface area contributed by atoms with Gasteiger partial charge in [0.15, 0.2) is 5.75 Å². The van der Waals surface area contributed by atoms with E-state index >= 15 is 0 Å². The van der Waals surface area contributed by atoms with Crippen LogP contribution in [0, 0.1) is 5.92 Å². The molecule has 8 amide bonds. The Morgan fingerprint density at radius 1 is 0.772 bits per heavy atom. The fourth-order valence-corrected chi connectivity index (χ4v) is 10.1. The fourth-order valence-electron chi connectivity index (χ4n) is 9.84. The number of nitrogens with two attached hydrogens (primary N) is 1. The molecule has 27 nitrogen and oxygen atoms in total. The summed E-state index contributed by atoms with van der Waals surface area (Å²) in [6.45, 7) is 1.61. The molecule has 29 heteroatoms. The summed E-state index contributed by atoms with van der Waals surface area (Å²) in [4.78, 5) is 112. The van der Waals surface area contributed by atoms with Crippen LogP contribution in [0.15, 0.2) is 18.2 Å². The van der Waals surface area contributed by atoms with Crippen molar-refractivity contribution in [2.24, 2.45) is 11.7 Å². The van der Waals surface area contributed by atoms with Gasteiger partial charge in [0.25, 0.3) is 0 Å². The summed E-state index contributed by atoms with van der Waals surface area (Å²) < 4.78 is 27.2. The van der Waals surface area contributed by atoms with Gasteiger partial charge in [-0.3, -0.25) is 38.4 Å². The van der Waals surface area contributed by atoms with Gasteiger partial charge in [0.2, 0.25) is 47.3 Å². The van der Waals surface area contributed by atoms with E-state index in [9.17, 15) is 82.5 Å². The van der Waals surface area contributed by atoms with E-state index in [2.05, 4.69) is 37.7 Å². The Morgan fingerprint density at radius 2 is 1.37 bits per heavy atom. The molecule has 3 fully saturated rings. The monoisotopic (exact) mass is 1150 g/mol. The molecule has 0 spiro atoms. The van der Waals surface area contributed by atoms with Crippen LogP contribution < -0.4 is 66.1 Å². The molecular weight excluding hydrogens is 1070 g/mol. The van der Waals surface area contributed by atoms with Crippen molar-refractivity contribution in [2.75, 3.05) is 19.7 Å². The minimum atomic E-state index is -3.18. The number of benzene rings is 1. The summed E-state index contributed by atoms with van der Waals surface area (Å²) in [7, 11) is -3.18. The second-order valence-corrected chi connectivity index (χ2v) is 20.9. The smallest absolute Gasteiger partial charge is 0.530 e. The number of rotatable bonds is 24. The third kappa shape index (κ3) is 21.9. The first-order valence-corrected chi connectivity index (χ1v) is 27.6. The molecule has 0 aliphatic carbocycles. The van der Waals surface area contributed by atoms with Crippen molar-refractivity contribution in [2.45, 2.75) is 203 Å². The molecule has 12 atom stereocenters. The number of hydrogen-bond donors (Lipinski definition) is 13. The summed E-state index contributed by atoms with van der Waals surface area (Å²) >= 11 is 0. The summed E-state index contributed by atoms with van der Waals surface area (Å²) in [5.74, 6) is -11.1. The third-order valence-corrected chi connectivity index (χ3v) is 14.4. The predicted molar refractivity (Wildman–Crippen MR) is 276 cm³/mol. The van der Waals surface area contributed by atoms with Crippen molar-refractivity contribution < 1.29 is 122 Å². The molecule has 0 radical (unpaired) electrons. The maximum Gasteiger partial charge on any atom is 1.00 e. The Balaban J connectivity index is 0.0000107. The largest absolute Gasteiger partial charge is 1.00 e. The Morgan fingerprint density at radius 3 is 1.95 bits per heavy atom. The predicted octanol–water partition coefficient (Wildman–Crippen LogP) is -5.87. The number of phenolic OH excluding ortho intramolecular Hbond substituents is 1. The zero-order valence-corrected chi connectivity index (χ0v) is 48.0. The number of phenols is 1. The number of primary amides is 1. The Hall–Kier alpha value is -4.75. The average molecular weight is 1150 g/mol. The molecule has 3 aliphatic rings. The molecule has 79 heavy (non-hydrogen) atoms. The van der Waals surface area contributed by atoms with Crippen LogP contribution >= 0.6 is 0 Å². The maximum atomic E-state index is 14.5. The van der Waals surface area contributed by atoms with Gasteiger partial charge >= 0.3 is 29.6 Å². The quantitative estimate of drug-likeness (QED) is 0.0260. The van der Waals surface area contributed by atoms with Crippen LogP contribution in [-0.2, 0) is 64.2 Å². The first kappa shape index (κ1) is 70.4. The van der Waals surface area contributed by atoms with Crippen LogP contribution in [-0.4, -0.2) is 185 Å². The van der Waals surface area contributed by atoms with E-state index < -0.39 is 194 Å². The minimum Gasteiger partial charge on any atom is -0.530 e. The molecule has 0 saturated carbocycles. The standard InChI is InChI=1S/C50H79N8O18S.Na.H2O/c1-3-4-5-6-7-8-9-10-11-12-13-14-15-16-39(65)52-31-18-20-40(66)54-48(71)43-44(67)28(2)25-58(43)50(73)42(36(63)24-38(51)64)56-47(70)41(35(62)21-29-17-19-34(61)37(22-29)76-77(74)75)55-46(69)33-23-30(60)26-57(33)49(72)32(27-59)53-45(31)68;;/h17,19,22,28,30-33,35-36,40-44,59-63,66-67H,3-16,18,20-21,23-27H2,1-2H3,(H2,51,64)(H,52,65)(H,53,68)(H,54,71)(H,55,69)(H,56,70);;1H2/q-1;+1;. The molecule has 0 bridgehead atoms. The van der Waals surface area contributed by atoms with Gasteiger partial charge in [-0.25, -0.2) is 0 Å². The van der Waals surface area contributed by atoms with E-state index in [0.29, 0.717) is 6.42 Å². The van der Waals surface area contributed by atoms with Gasteiger partial charge in [0, 0.05) is 38.3 Å². The van der Waals surface area contributed by atoms with Crippen molar-refractivity contribution in [3.63, 3.8) is 0 Å². The first-order chi connectivity index (χ1) is 36.6. The number of amides is 8. The number of nitrogens with one attached hydrogen (secondary N) is 5. The summed E-state index contributed by atoms with van der Waals surface area (Å²) in [6, 6.07) is -8.11. The molecule has 1 aromatic rings. The zero-order chi connectivity index (χ0) is 56.9. The summed E-state index contributed by atoms with van der Waals surface area (Å²) in [5, 5.41) is 88.6. The molecule has 12 unspecified atom stereocenters. The maximum absolute atomic E-state index is 14.5. The average Bonchev–Trinajstić information content (AvgIpc) is 3.91. The SMILES string of the molecule is CCCCCCCCCCCCCCCC(=O)NC1CCC(O)NC(=O)C2C(O)C(C)CN2C(=O)C(C(O)CC(N)=O)NC(=O)C(C(O)Cc2ccc(O)c(O[S-](=O)=O)c2)NC(=O)C2CC(O)CN2C(=O)C(CO)NC1=O.O.[Na+]. The second kappa shape index (κ2) is 35.2. The Labute approximate surface area is 483 Å². The minimum absolute atomic E-state index is 0. The summed E-state index contributed by atoms with van der Waals surface area (Å²) in [6.07, 6.45) is 1.81. The number of unbranched alkanes of at least 4 members (excludes halogenated alkanes) is 12. The van der Waals surface area contributed by atoms with Gasteiger partial charge in [-0.15, -0.1) is 0 Å². The van der Waals surface area contributed by atoms with Gasteiger partial charge in [0.1, 0.15) is 59.2 Å².